The maximum absolute atomic E-state index is 12.0. The van der Waals surface area contributed by atoms with Crippen LogP contribution in [0.3, 0.4) is 0 Å². The van der Waals surface area contributed by atoms with Gasteiger partial charge in [0.2, 0.25) is 16.4 Å². The largest absolute Gasteiger partial charge is 1.00 e. The van der Waals surface area contributed by atoms with Crippen LogP contribution in [0, 0.1) is 0 Å². The fraction of sp³-hybridized carbons (Fsp3) is 0.500. The Morgan fingerprint density at radius 2 is 1.38 bits per heavy atom. The Morgan fingerprint density at radius 1 is 0.911 bits per heavy atom. The van der Waals surface area contributed by atoms with Crippen molar-refractivity contribution in [2.45, 2.75) is 25.2 Å². The first-order valence-electron chi connectivity index (χ1n) is 12.0. The Hall–Kier alpha value is 0.744. The molecule has 5 rings (SSSR count). The summed E-state index contributed by atoms with van der Waals surface area (Å²) >= 11 is 16.9. The third-order valence-corrected chi connectivity index (χ3v) is 5.47. The van der Waals surface area contributed by atoms with Crippen LogP contribution in [0.1, 0.15) is 29.3 Å². The molecule has 0 unspecified atom stereocenters. The Morgan fingerprint density at radius 3 is 1.78 bits per heavy atom. The monoisotopic (exact) mass is 938 g/mol. The number of carbonyl (C=O) groups excluding carboxylic acids is 3. The quantitative estimate of drug-likeness (QED) is 0.0582. The van der Waals surface area contributed by atoms with Gasteiger partial charge in [0.05, 0.1) is 46.2 Å². The normalized spacial score (nSPS) is 14.9. The molecular weight excluding hydrogens is 912 g/mol. The molecule has 0 aliphatic carbocycles. The minimum Gasteiger partial charge on any atom is -1.00 e. The molecule has 5 heterocycles. The molecule has 5 N–H and O–H groups in total. The number of esters is 2. The van der Waals surface area contributed by atoms with Gasteiger partial charge in [-0.05, 0) is 30.1 Å². The summed E-state index contributed by atoms with van der Waals surface area (Å²) in [6.45, 7) is 4.41. The average Bonchev–Trinajstić information content (AvgIpc) is 2.91. The molecule has 0 bridgehead atoms. The van der Waals surface area contributed by atoms with Gasteiger partial charge in [0.15, 0.2) is 16.5 Å². The number of aliphatic hydroxyl groups excluding tert-OH is 1. The molecule has 23 heteroatoms. The van der Waals surface area contributed by atoms with Gasteiger partial charge in [-0.3, -0.25) is 4.79 Å². The smallest absolute Gasteiger partial charge is 1.00 e. The molecule has 3 aliphatic rings. The SMILES string of the molecule is CCOC(=O)c1nc(Cl)nc(Cl)c1N.Nc1c(OC2COC2)nc(Cl)nc1C(=O)OC1COC1.O=CO[O-].OC1COC1.[Cs+].[Cs+].[H-]. The van der Waals surface area contributed by atoms with Crippen molar-refractivity contribution < 1.29 is 197 Å². The fourth-order valence-electron chi connectivity index (χ4n) is 2.59. The van der Waals surface area contributed by atoms with Crippen LogP contribution < -0.4 is 159 Å². The molecule has 0 amide bonds. The van der Waals surface area contributed by atoms with Crippen LogP contribution in [0.25, 0.3) is 0 Å². The van der Waals surface area contributed by atoms with Crippen molar-refractivity contribution in [3.63, 3.8) is 0 Å². The van der Waals surface area contributed by atoms with E-state index in [4.69, 9.17) is 85.1 Å². The average molecular weight is 940 g/mol. The Labute approximate surface area is 390 Å². The molecule has 45 heavy (non-hydrogen) atoms. The molecule has 240 valence electrons. The van der Waals surface area contributed by atoms with Crippen LogP contribution >= 0.6 is 34.8 Å². The summed E-state index contributed by atoms with van der Waals surface area (Å²) in [7, 11) is 0. The molecule has 0 radical (unpaired) electrons. The Kier molecular flexibility index (Phi) is 25.2. The molecule has 2 aromatic rings. The zero-order valence-electron chi connectivity index (χ0n) is 25.3. The van der Waals surface area contributed by atoms with Gasteiger partial charge in [-0.25, -0.2) is 24.5 Å². The standard InChI is InChI=1S/C11H12ClN3O5.C7H7Cl2N3O2.C3H6O2.CH2O3.2Cs.H/c12-11-14-8(10(16)20-6-3-18-4-6)7(13)9(15-11)19-5-1-17-2-5;1-2-14-6(13)4-3(10)5(8)12-7(9)11-4;4-3-1-5-2-3;2-1-4-3;;;/h5-6H,1-4,13H2;2,10H2,1H3;3-4H,1-2H2;1,3H;;;/q;;;;2*+1;-1/p-1. The number of carbonyl (C=O) groups is 3. The summed E-state index contributed by atoms with van der Waals surface area (Å²) in [6, 6.07) is 0. The third-order valence-electron chi connectivity index (χ3n) is 4.84. The van der Waals surface area contributed by atoms with Crippen LogP contribution in [-0.2, 0) is 33.4 Å². The first kappa shape index (κ1) is 45.7. The van der Waals surface area contributed by atoms with Crippen molar-refractivity contribution in [3.8, 4) is 5.88 Å². The summed E-state index contributed by atoms with van der Waals surface area (Å²) in [4.78, 5) is 49.3. The van der Waals surface area contributed by atoms with Gasteiger partial charge < -0.3 is 56.6 Å². The number of nitrogens with two attached hydrogens (primary N) is 2. The van der Waals surface area contributed by atoms with E-state index in [0.717, 1.165) is 0 Å². The van der Waals surface area contributed by atoms with Gasteiger partial charge >= 0.3 is 150 Å². The summed E-state index contributed by atoms with van der Waals surface area (Å²) in [5.74, 6) is -1.28. The van der Waals surface area contributed by atoms with E-state index < -0.39 is 11.9 Å². The number of hydrogen-bond acceptors (Lipinski definition) is 18. The van der Waals surface area contributed by atoms with Gasteiger partial charge in [-0.2, -0.15) is 4.98 Å². The summed E-state index contributed by atoms with van der Waals surface area (Å²) in [5, 5.41) is 16.4. The van der Waals surface area contributed by atoms with E-state index >= 15 is 0 Å². The van der Waals surface area contributed by atoms with Crippen molar-refractivity contribution in [2.75, 3.05) is 57.7 Å². The first-order chi connectivity index (χ1) is 20.5. The predicted molar refractivity (Wildman–Crippen MR) is 144 cm³/mol. The Bertz CT molecular complexity index is 1250. The number of nitrogen functional groups attached to an aromatic ring is 2. The van der Waals surface area contributed by atoms with Crippen LogP contribution in [0.2, 0.25) is 15.7 Å². The summed E-state index contributed by atoms with van der Waals surface area (Å²) in [6.07, 6.45) is -0.581. The van der Waals surface area contributed by atoms with Gasteiger partial charge in [0.1, 0.15) is 29.7 Å². The second-order valence-electron chi connectivity index (χ2n) is 8.05. The van der Waals surface area contributed by atoms with Crippen molar-refractivity contribution >= 4 is 64.6 Å². The number of nitrogens with zero attached hydrogens (tertiary/aromatic N) is 4. The molecule has 2 aromatic heterocycles. The van der Waals surface area contributed by atoms with Crippen LogP contribution in [0.4, 0.5) is 11.4 Å². The molecule has 3 aliphatic heterocycles. The summed E-state index contributed by atoms with van der Waals surface area (Å²) < 4.78 is 29.8. The minimum absolute atomic E-state index is 0. The molecule has 0 saturated carbocycles. The molecule has 3 saturated heterocycles. The molecular formula is C22H27Cl3Cs2N6O12. The first-order valence-corrected chi connectivity index (χ1v) is 13.1. The number of aliphatic hydroxyl groups is 1. The Balaban J connectivity index is 0. The third kappa shape index (κ3) is 16.3. The van der Waals surface area contributed by atoms with E-state index in [2.05, 4.69) is 29.6 Å². The van der Waals surface area contributed by atoms with E-state index in [9.17, 15) is 9.59 Å². The number of aromatic nitrogens is 4. The number of rotatable bonds is 7. The van der Waals surface area contributed by atoms with E-state index in [1.54, 1.807) is 6.92 Å². The van der Waals surface area contributed by atoms with Crippen molar-refractivity contribution in [1.29, 1.82) is 0 Å². The maximum atomic E-state index is 12.0. The zero-order valence-corrected chi connectivity index (χ0v) is 39.1. The van der Waals surface area contributed by atoms with E-state index in [1.807, 2.05) is 0 Å². The van der Waals surface area contributed by atoms with Gasteiger partial charge in [-0.15, -0.1) is 0 Å². The van der Waals surface area contributed by atoms with Crippen molar-refractivity contribution in [1.82, 2.24) is 19.9 Å². The zero-order chi connectivity index (χ0) is 31.9. The van der Waals surface area contributed by atoms with Crippen LogP contribution in [0.15, 0.2) is 0 Å². The van der Waals surface area contributed by atoms with Crippen molar-refractivity contribution in [2.24, 2.45) is 0 Å². The summed E-state index contributed by atoms with van der Waals surface area (Å²) in [5.41, 5.74) is 11.1. The predicted octanol–water partition coefficient (Wildman–Crippen LogP) is -6.48. The second kappa shape index (κ2) is 24.8. The maximum Gasteiger partial charge on any atom is 1.00 e. The molecule has 0 spiro atoms. The van der Waals surface area contributed by atoms with Crippen LogP contribution in [-0.4, -0.2) is 108 Å². The van der Waals surface area contributed by atoms with Gasteiger partial charge in [-0.1, -0.05) is 11.6 Å². The number of anilines is 2. The topological polar surface area (TPSA) is 263 Å². The number of ether oxygens (including phenoxy) is 6. The fourth-order valence-corrected chi connectivity index (χ4v) is 3.14. The van der Waals surface area contributed by atoms with Gasteiger partial charge in [0, 0.05) is 0 Å². The number of hydrogen-bond donors (Lipinski definition) is 3. The second-order valence-corrected chi connectivity index (χ2v) is 9.09. The van der Waals surface area contributed by atoms with E-state index in [-0.39, 0.29) is 215 Å². The molecule has 0 aromatic carbocycles. The van der Waals surface area contributed by atoms with E-state index in [0.29, 0.717) is 39.6 Å². The van der Waals surface area contributed by atoms with E-state index in [1.165, 1.54) is 0 Å². The number of halogens is 3. The molecule has 0 atom stereocenters. The minimum atomic E-state index is -0.671. The van der Waals surface area contributed by atoms with Crippen molar-refractivity contribution in [3.05, 3.63) is 27.1 Å². The molecule has 3 fully saturated rings. The van der Waals surface area contributed by atoms with Crippen LogP contribution in [0.5, 0.6) is 5.88 Å². The molecule has 18 nitrogen and oxygen atoms in total. The van der Waals surface area contributed by atoms with Gasteiger partial charge in [0.25, 0.3) is 6.47 Å².